The van der Waals surface area contributed by atoms with Crippen LogP contribution in [0.1, 0.15) is 5.76 Å². The summed E-state index contributed by atoms with van der Waals surface area (Å²) < 4.78 is 4.98. The monoisotopic (exact) mass is 206 g/mol. The Labute approximate surface area is 86.3 Å². The van der Waals surface area contributed by atoms with E-state index in [0.717, 1.165) is 17.2 Å². The summed E-state index contributed by atoms with van der Waals surface area (Å²) in [6, 6.07) is 9.64. The Balaban J connectivity index is 1.95. The van der Waals surface area contributed by atoms with Crippen LogP contribution in [0.15, 0.2) is 45.9 Å². The van der Waals surface area contributed by atoms with Crippen molar-refractivity contribution in [1.29, 1.82) is 0 Å². The second kappa shape index (κ2) is 4.19. The average Bonchev–Trinajstić information content (AvgIpc) is 2.70. The standard InChI is InChI=1S/C10H10N2OS/c11-8-1-3-10(4-2-8)14-7-9-5-6-12-13-9/h1-6H,7,11H2. The highest BCUT2D eigenvalue weighted by atomic mass is 32.2. The lowest BCUT2D eigenvalue weighted by Crippen LogP contribution is -1.82. The lowest BCUT2D eigenvalue weighted by Gasteiger charge is -1.98. The first kappa shape index (κ1) is 9.15. The molecule has 0 unspecified atom stereocenters. The summed E-state index contributed by atoms with van der Waals surface area (Å²) in [6.07, 6.45) is 1.65. The normalized spacial score (nSPS) is 10.3. The molecule has 0 aliphatic rings. The van der Waals surface area contributed by atoms with Gasteiger partial charge < -0.3 is 10.3 Å². The molecule has 0 amide bonds. The van der Waals surface area contributed by atoms with Crippen LogP contribution in [0, 0.1) is 0 Å². The van der Waals surface area contributed by atoms with Crippen molar-refractivity contribution in [2.24, 2.45) is 0 Å². The van der Waals surface area contributed by atoms with Gasteiger partial charge >= 0.3 is 0 Å². The molecule has 0 radical (unpaired) electrons. The van der Waals surface area contributed by atoms with E-state index in [1.54, 1.807) is 18.0 Å². The number of rotatable bonds is 3. The molecular weight excluding hydrogens is 196 g/mol. The van der Waals surface area contributed by atoms with Gasteiger partial charge in [-0.1, -0.05) is 5.16 Å². The number of aromatic nitrogens is 1. The lowest BCUT2D eigenvalue weighted by atomic mass is 10.3. The van der Waals surface area contributed by atoms with E-state index in [4.69, 9.17) is 10.3 Å². The Morgan fingerprint density at radius 1 is 1.21 bits per heavy atom. The number of nitrogens with zero attached hydrogens (tertiary/aromatic N) is 1. The highest BCUT2D eigenvalue weighted by molar-refractivity contribution is 7.98. The van der Waals surface area contributed by atoms with E-state index in [2.05, 4.69) is 5.16 Å². The Hall–Kier alpha value is -1.42. The molecule has 0 aliphatic carbocycles. The summed E-state index contributed by atoms with van der Waals surface area (Å²) in [5.41, 5.74) is 6.37. The summed E-state index contributed by atoms with van der Waals surface area (Å²) in [7, 11) is 0. The van der Waals surface area contributed by atoms with Gasteiger partial charge in [-0.2, -0.15) is 0 Å². The molecule has 3 nitrogen and oxygen atoms in total. The van der Waals surface area contributed by atoms with Crippen molar-refractivity contribution in [2.75, 3.05) is 5.73 Å². The summed E-state index contributed by atoms with van der Waals surface area (Å²) >= 11 is 1.70. The average molecular weight is 206 g/mol. The molecule has 1 aromatic carbocycles. The van der Waals surface area contributed by atoms with Crippen molar-refractivity contribution in [1.82, 2.24) is 5.16 Å². The predicted octanol–water partition coefficient (Wildman–Crippen LogP) is 2.55. The number of hydrogen-bond donors (Lipinski definition) is 1. The van der Waals surface area contributed by atoms with Gasteiger partial charge in [-0.15, -0.1) is 11.8 Å². The smallest absolute Gasteiger partial charge is 0.146 e. The minimum absolute atomic E-state index is 0.786. The van der Waals surface area contributed by atoms with Gasteiger partial charge in [0.25, 0.3) is 0 Å². The molecule has 2 N–H and O–H groups in total. The van der Waals surface area contributed by atoms with Crippen molar-refractivity contribution in [3.63, 3.8) is 0 Å². The summed E-state index contributed by atoms with van der Waals surface area (Å²) in [6.45, 7) is 0. The fraction of sp³-hybridized carbons (Fsp3) is 0.100. The van der Waals surface area contributed by atoms with Crippen molar-refractivity contribution >= 4 is 17.4 Å². The second-order valence-electron chi connectivity index (χ2n) is 2.84. The van der Waals surface area contributed by atoms with Gasteiger partial charge in [-0.05, 0) is 24.3 Å². The van der Waals surface area contributed by atoms with Crippen LogP contribution >= 0.6 is 11.8 Å². The van der Waals surface area contributed by atoms with Crippen LogP contribution in [0.25, 0.3) is 0 Å². The van der Waals surface area contributed by atoms with E-state index in [1.807, 2.05) is 30.3 Å². The molecule has 0 spiro atoms. The predicted molar refractivity (Wildman–Crippen MR) is 56.9 cm³/mol. The van der Waals surface area contributed by atoms with Crippen LogP contribution in [0.5, 0.6) is 0 Å². The number of hydrogen-bond acceptors (Lipinski definition) is 4. The molecule has 0 aliphatic heterocycles. The maximum Gasteiger partial charge on any atom is 0.146 e. The van der Waals surface area contributed by atoms with Crippen molar-refractivity contribution in [2.45, 2.75) is 10.6 Å². The Morgan fingerprint density at radius 2 is 2.00 bits per heavy atom. The van der Waals surface area contributed by atoms with Gasteiger partial charge in [-0.25, -0.2) is 0 Å². The zero-order chi connectivity index (χ0) is 9.80. The largest absolute Gasteiger partial charge is 0.399 e. The Morgan fingerprint density at radius 3 is 2.64 bits per heavy atom. The third-order valence-corrected chi connectivity index (χ3v) is 2.79. The fourth-order valence-electron chi connectivity index (χ4n) is 1.04. The van der Waals surface area contributed by atoms with E-state index in [0.29, 0.717) is 0 Å². The Kier molecular flexibility index (Phi) is 2.74. The van der Waals surface area contributed by atoms with Crippen LogP contribution in [-0.2, 0) is 5.75 Å². The van der Waals surface area contributed by atoms with E-state index in [9.17, 15) is 0 Å². The Bertz CT molecular complexity index is 383. The van der Waals surface area contributed by atoms with Crippen LogP contribution in [0.2, 0.25) is 0 Å². The van der Waals surface area contributed by atoms with Gasteiger partial charge in [0, 0.05) is 16.6 Å². The van der Waals surface area contributed by atoms with Gasteiger partial charge in [0.1, 0.15) is 5.76 Å². The zero-order valence-corrected chi connectivity index (χ0v) is 8.33. The van der Waals surface area contributed by atoms with Crippen LogP contribution < -0.4 is 5.73 Å². The third-order valence-electron chi connectivity index (χ3n) is 1.75. The number of nitrogen functional groups attached to an aromatic ring is 1. The number of benzene rings is 1. The first-order valence-electron chi connectivity index (χ1n) is 4.22. The highest BCUT2D eigenvalue weighted by Gasteiger charge is 1.98. The van der Waals surface area contributed by atoms with Crippen molar-refractivity contribution in [3.8, 4) is 0 Å². The molecule has 1 heterocycles. The third kappa shape index (κ3) is 2.29. The second-order valence-corrected chi connectivity index (χ2v) is 3.89. The first-order valence-corrected chi connectivity index (χ1v) is 5.21. The highest BCUT2D eigenvalue weighted by Crippen LogP contribution is 2.23. The minimum atomic E-state index is 0.786. The molecule has 0 saturated heterocycles. The molecule has 2 rings (SSSR count). The van der Waals surface area contributed by atoms with E-state index in [-0.39, 0.29) is 0 Å². The molecule has 1 aromatic heterocycles. The molecule has 0 saturated carbocycles. The van der Waals surface area contributed by atoms with Crippen LogP contribution in [-0.4, -0.2) is 5.16 Å². The maximum atomic E-state index is 5.58. The molecule has 14 heavy (non-hydrogen) atoms. The van der Waals surface area contributed by atoms with Gasteiger partial charge in [0.2, 0.25) is 0 Å². The quantitative estimate of drug-likeness (QED) is 0.619. The lowest BCUT2D eigenvalue weighted by molar-refractivity contribution is 0.395. The molecule has 2 aromatic rings. The van der Waals surface area contributed by atoms with Crippen molar-refractivity contribution in [3.05, 3.63) is 42.3 Å². The summed E-state index contributed by atoms with van der Waals surface area (Å²) in [5, 5.41) is 3.64. The van der Waals surface area contributed by atoms with Gasteiger partial charge in [-0.3, -0.25) is 0 Å². The van der Waals surface area contributed by atoms with Crippen LogP contribution in [0.3, 0.4) is 0 Å². The summed E-state index contributed by atoms with van der Waals surface area (Å²) in [4.78, 5) is 1.18. The number of nitrogens with two attached hydrogens (primary N) is 1. The molecule has 0 bridgehead atoms. The van der Waals surface area contributed by atoms with E-state index in [1.165, 1.54) is 4.90 Å². The van der Waals surface area contributed by atoms with Crippen LogP contribution in [0.4, 0.5) is 5.69 Å². The fourth-order valence-corrected chi connectivity index (χ4v) is 1.82. The molecule has 0 atom stereocenters. The van der Waals surface area contributed by atoms with Gasteiger partial charge in [0.05, 0.1) is 11.9 Å². The van der Waals surface area contributed by atoms with Gasteiger partial charge in [0.15, 0.2) is 0 Å². The van der Waals surface area contributed by atoms with E-state index >= 15 is 0 Å². The zero-order valence-electron chi connectivity index (χ0n) is 7.51. The summed E-state index contributed by atoms with van der Waals surface area (Å²) in [5.74, 6) is 1.68. The topological polar surface area (TPSA) is 52.0 Å². The number of thioether (sulfide) groups is 1. The van der Waals surface area contributed by atoms with Crippen molar-refractivity contribution < 1.29 is 4.52 Å². The molecule has 72 valence electrons. The maximum absolute atomic E-state index is 5.58. The SMILES string of the molecule is Nc1ccc(SCc2ccno2)cc1. The molecule has 0 fully saturated rings. The van der Waals surface area contributed by atoms with E-state index < -0.39 is 0 Å². The number of anilines is 1. The molecule has 4 heteroatoms. The minimum Gasteiger partial charge on any atom is -0.399 e. The first-order chi connectivity index (χ1) is 6.84. The molecular formula is C10H10N2OS.